The molecule has 0 aliphatic carbocycles. The van der Waals surface area contributed by atoms with E-state index < -0.39 is 0 Å². The SMILES string of the molecule is CCO[C@H]1C[C@H](c2ccccc2)O/C1=C\[Se]c1ccccc1. The fraction of sp³-hybridized carbons (Fsp3) is 0.263. The molecule has 1 aliphatic heterocycles. The van der Waals surface area contributed by atoms with Gasteiger partial charge in [0.05, 0.1) is 0 Å². The van der Waals surface area contributed by atoms with Crippen LogP contribution >= 0.6 is 0 Å². The molecule has 2 nitrogen and oxygen atoms in total. The summed E-state index contributed by atoms with van der Waals surface area (Å²) < 4.78 is 13.4. The van der Waals surface area contributed by atoms with Gasteiger partial charge in [-0.3, -0.25) is 0 Å². The Morgan fingerprint density at radius 3 is 2.45 bits per heavy atom. The van der Waals surface area contributed by atoms with E-state index in [0.29, 0.717) is 6.61 Å². The molecule has 0 N–H and O–H groups in total. The van der Waals surface area contributed by atoms with Gasteiger partial charge in [0.15, 0.2) is 0 Å². The fourth-order valence-corrected chi connectivity index (χ4v) is 4.17. The Kier molecular flexibility index (Phi) is 5.33. The van der Waals surface area contributed by atoms with Crippen LogP contribution in [-0.4, -0.2) is 27.7 Å². The first kappa shape index (κ1) is 15.4. The number of ether oxygens (including phenoxy) is 2. The monoisotopic (exact) mass is 360 g/mol. The molecule has 0 saturated carbocycles. The van der Waals surface area contributed by atoms with Gasteiger partial charge in [0, 0.05) is 0 Å². The number of rotatable bonds is 5. The molecule has 22 heavy (non-hydrogen) atoms. The molecule has 1 saturated heterocycles. The maximum absolute atomic E-state index is 6.19. The van der Waals surface area contributed by atoms with Crippen molar-refractivity contribution >= 4 is 19.4 Å². The van der Waals surface area contributed by atoms with Crippen molar-refractivity contribution in [3.05, 3.63) is 77.0 Å². The molecule has 3 heteroatoms. The first-order valence-corrected chi connectivity index (χ1v) is 9.46. The van der Waals surface area contributed by atoms with Gasteiger partial charge >= 0.3 is 138 Å². The molecule has 1 fully saturated rings. The molecule has 2 aromatic carbocycles. The fourth-order valence-electron chi connectivity index (χ4n) is 2.55. The van der Waals surface area contributed by atoms with Gasteiger partial charge in [-0.05, 0) is 0 Å². The molecule has 3 rings (SSSR count). The van der Waals surface area contributed by atoms with Crippen LogP contribution in [0.5, 0.6) is 0 Å². The van der Waals surface area contributed by atoms with Crippen LogP contribution in [0.2, 0.25) is 0 Å². The molecule has 0 bridgehead atoms. The molecule has 0 amide bonds. The second kappa shape index (κ2) is 7.64. The molecular weight excluding hydrogens is 339 g/mol. The summed E-state index contributed by atoms with van der Waals surface area (Å²) in [6.45, 7) is 2.75. The molecule has 2 aromatic rings. The minimum absolute atomic E-state index is 0.0841. The molecule has 1 aliphatic rings. The minimum atomic E-state index is 0.0841. The van der Waals surface area contributed by atoms with Crippen LogP contribution in [-0.2, 0) is 9.47 Å². The van der Waals surface area contributed by atoms with Crippen molar-refractivity contribution in [1.29, 1.82) is 0 Å². The molecule has 1 heterocycles. The quantitative estimate of drug-likeness (QED) is 0.762. The normalized spacial score (nSPS) is 22.7. The predicted molar refractivity (Wildman–Crippen MR) is 90.2 cm³/mol. The molecule has 0 spiro atoms. The predicted octanol–water partition coefficient (Wildman–Crippen LogP) is 3.42. The molecule has 2 atom stereocenters. The van der Waals surface area contributed by atoms with Crippen molar-refractivity contribution in [2.75, 3.05) is 6.61 Å². The van der Waals surface area contributed by atoms with Gasteiger partial charge in [-0.2, -0.15) is 0 Å². The number of hydrogen-bond acceptors (Lipinski definition) is 2. The van der Waals surface area contributed by atoms with Gasteiger partial charge in [0.2, 0.25) is 0 Å². The third-order valence-corrected chi connectivity index (χ3v) is 5.49. The Morgan fingerprint density at radius 2 is 1.77 bits per heavy atom. The van der Waals surface area contributed by atoms with Crippen LogP contribution in [0.3, 0.4) is 0 Å². The molecular formula is C19H20O2Se. The van der Waals surface area contributed by atoms with Crippen LogP contribution in [0.4, 0.5) is 0 Å². The Balaban J connectivity index is 1.74. The summed E-state index contributed by atoms with van der Waals surface area (Å²) >= 11 is 0.275. The van der Waals surface area contributed by atoms with Crippen LogP contribution < -0.4 is 4.46 Å². The summed E-state index contributed by atoms with van der Waals surface area (Å²) in [5.74, 6) is 1.000. The summed E-state index contributed by atoms with van der Waals surface area (Å²) in [5, 5.41) is 0. The zero-order valence-electron chi connectivity index (χ0n) is 12.6. The summed E-state index contributed by atoms with van der Waals surface area (Å²) in [5.41, 5.74) is 1.22. The summed E-state index contributed by atoms with van der Waals surface area (Å²) in [6.07, 6.45) is 1.09. The number of benzene rings is 2. The van der Waals surface area contributed by atoms with E-state index in [9.17, 15) is 0 Å². The van der Waals surface area contributed by atoms with E-state index in [0.717, 1.165) is 12.2 Å². The van der Waals surface area contributed by atoms with Crippen molar-refractivity contribution < 1.29 is 9.47 Å². The molecule has 114 valence electrons. The van der Waals surface area contributed by atoms with Crippen molar-refractivity contribution in [3.8, 4) is 0 Å². The van der Waals surface area contributed by atoms with E-state index in [2.05, 4.69) is 53.5 Å². The summed E-state index contributed by atoms with van der Waals surface area (Å²) in [7, 11) is 0. The summed E-state index contributed by atoms with van der Waals surface area (Å²) in [4.78, 5) is 2.23. The van der Waals surface area contributed by atoms with Crippen LogP contribution in [0, 0.1) is 0 Å². The van der Waals surface area contributed by atoms with Gasteiger partial charge < -0.3 is 0 Å². The third kappa shape index (κ3) is 3.80. The second-order valence-corrected chi connectivity index (χ2v) is 7.13. The van der Waals surface area contributed by atoms with E-state index in [1.165, 1.54) is 10.0 Å². The zero-order chi connectivity index (χ0) is 15.2. The van der Waals surface area contributed by atoms with Crippen molar-refractivity contribution in [2.24, 2.45) is 0 Å². The van der Waals surface area contributed by atoms with E-state index in [-0.39, 0.29) is 27.2 Å². The standard InChI is InChI=1S/C19H20O2Se/c1-2-20-18-13-17(15-9-5-3-6-10-15)21-19(18)14-22-16-11-7-4-8-12-16/h3-12,14,17-18H,2,13H2,1H3/b19-14-/t17-,18+/m1/s1. The average molecular weight is 359 g/mol. The average Bonchev–Trinajstić information content (AvgIpc) is 2.98. The van der Waals surface area contributed by atoms with Gasteiger partial charge in [-0.15, -0.1) is 0 Å². The van der Waals surface area contributed by atoms with Gasteiger partial charge in [-0.1, -0.05) is 0 Å². The van der Waals surface area contributed by atoms with Crippen LogP contribution in [0.15, 0.2) is 71.4 Å². The van der Waals surface area contributed by atoms with E-state index in [4.69, 9.17) is 9.47 Å². The second-order valence-electron chi connectivity index (χ2n) is 5.15. The first-order valence-electron chi connectivity index (χ1n) is 7.62. The molecule has 0 unspecified atom stereocenters. The van der Waals surface area contributed by atoms with Gasteiger partial charge in [0.1, 0.15) is 0 Å². The topological polar surface area (TPSA) is 18.5 Å². The van der Waals surface area contributed by atoms with Gasteiger partial charge in [-0.25, -0.2) is 0 Å². The Bertz CT molecular complexity index is 610. The van der Waals surface area contributed by atoms with E-state index >= 15 is 0 Å². The van der Waals surface area contributed by atoms with Crippen LogP contribution in [0.25, 0.3) is 0 Å². The van der Waals surface area contributed by atoms with E-state index in [1.807, 2.05) is 19.1 Å². The van der Waals surface area contributed by atoms with Crippen molar-refractivity contribution in [3.63, 3.8) is 0 Å². The van der Waals surface area contributed by atoms with Crippen LogP contribution in [0.1, 0.15) is 25.0 Å². The summed E-state index contributed by atoms with van der Waals surface area (Å²) in [6, 6.07) is 20.9. The maximum atomic E-state index is 6.19. The third-order valence-electron chi connectivity index (χ3n) is 3.62. The van der Waals surface area contributed by atoms with Crippen molar-refractivity contribution in [1.82, 2.24) is 0 Å². The molecule has 0 aromatic heterocycles. The Hall–Kier alpha value is -1.54. The van der Waals surface area contributed by atoms with Gasteiger partial charge in [0.25, 0.3) is 0 Å². The van der Waals surface area contributed by atoms with E-state index in [1.54, 1.807) is 0 Å². The Labute approximate surface area is 138 Å². The Morgan fingerprint density at radius 1 is 1.09 bits per heavy atom. The first-order chi connectivity index (χ1) is 10.9. The molecule has 0 radical (unpaired) electrons. The zero-order valence-corrected chi connectivity index (χ0v) is 14.4. The number of hydrogen-bond donors (Lipinski definition) is 0. The van der Waals surface area contributed by atoms with Crippen molar-refractivity contribution in [2.45, 2.75) is 25.6 Å².